The number of hydrogen-bond acceptors (Lipinski definition) is 3. The lowest BCUT2D eigenvalue weighted by atomic mass is 9.95. The van der Waals surface area contributed by atoms with Gasteiger partial charge in [-0.15, -0.1) is 0 Å². The van der Waals surface area contributed by atoms with Crippen LogP contribution >= 0.6 is 0 Å². The molecule has 4 nitrogen and oxygen atoms in total. The molecule has 0 radical (unpaired) electrons. The highest BCUT2D eigenvalue weighted by Crippen LogP contribution is 2.44. The molecule has 0 bridgehead atoms. The van der Waals surface area contributed by atoms with E-state index < -0.39 is 0 Å². The molecule has 0 aromatic carbocycles. The van der Waals surface area contributed by atoms with Crippen LogP contribution in [-0.4, -0.2) is 17.1 Å². The van der Waals surface area contributed by atoms with Crippen LogP contribution in [-0.2, 0) is 10.3 Å². The van der Waals surface area contributed by atoms with Crippen molar-refractivity contribution >= 4 is 5.97 Å². The highest BCUT2D eigenvalue weighted by Gasteiger charge is 2.41. The number of pyridine rings is 1. The first-order valence-electron chi connectivity index (χ1n) is 7.21. The Kier molecular flexibility index (Phi) is 3.76. The summed E-state index contributed by atoms with van der Waals surface area (Å²) in [5.74, 6) is 0.166. The predicted molar refractivity (Wildman–Crippen MR) is 78.2 cm³/mol. The molecule has 0 atom stereocenters. The third kappa shape index (κ3) is 2.39. The summed E-state index contributed by atoms with van der Waals surface area (Å²) in [6.45, 7) is 9.89. The van der Waals surface area contributed by atoms with Crippen molar-refractivity contribution in [1.82, 2.24) is 4.57 Å². The highest BCUT2D eigenvalue weighted by atomic mass is 16.5. The van der Waals surface area contributed by atoms with Gasteiger partial charge in [-0.3, -0.25) is 4.79 Å². The van der Waals surface area contributed by atoms with Gasteiger partial charge in [0.25, 0.3) is 5.56 Å². The van der Waals surface area contributed by atoms with Crippen LogP contribution < -0.4 is 5.56 Å². The minimum Gasteiger partial charge on any atom is -0.462 e. The van der Waals surface area contributed by atoms with Crippen molar-refractivity contribution in [3.63, 3.8) is 0 Å². The Labute approximate surface area is 119 Å². The van der Waals surface area contributed by atoms with Crippen LogP contribution in [0, 0.1) is 19.8 Å². The van der Waals surface area contributed by atoms with Gasteiger partial charge in [-0.25, -0.2) is 4.79 Å². The van der Waals surface area contributed by atoms with Crippen LogP contribution in [0.15, 0.2) is 10.9 Å². The number of rotatable bonds is 4. The third-order valence-corrected chi connectivity index (χ3v) is 4.28. The molecule has 2 rings (SSSR count). The second kappa shape index (κ2) is 5.08. The minimum atomic E-state index is -0.345. The molecule has 110 valence electrons. The zero-order valence-corrected chi connectivity index (χ0v) is 12.9. The van der Waals surface area contributed by atoms with Crippen molar-refractivity contribution < 1.29 is 9.53 Å². The number of ether oxygens (including phenoxy) is 1. The molecule has 0 spiro atoms. The van der Waals surface area contributed by atoms with E-state index in [1.165, 1.54) is 0 Å². The molecule has 1 saturated carbocycles. The maximum Gasteiger partial charge on any atom is 0.340 e. The van der Waals surface area contributed by atoms with Crippen molar-refractivity contribution in [3.05, 3.63) is 33.2 Å². The fourth-order valence-corrected chi connectivity index (χ4v) is 3.08. The van der Waals surface area contributed by atoms with Gasteiger partial charge in [-0.05, 0) is 58.9 Å². The maximum atomic E-state index is 12.4. The number of esters is 1. The Morgan fingerprint density at radius 1 is 1.40 bits per heavy atom. The monoisotopic (exact) mass is 277 g/mol. The predicted octanol–water partition coefficient (Wildman–Crippen LogP) is 2.79. The largest absolute Gasteiger partial charge is 0.462 e. The van der Waals surface area contributed by atoms with Crippen LogP contribution in [0.4, 0.5) is 0 Å². The molecule has 1 aliphatic carbocycles. The molecule has 1 aromatic rings. The summed E-state index contributed by atoms with van der Waals surface area (Å²) in [7, 11) is 0. The van der Waals surface area contributed by atoms with Crippen LogP contribution in [0.25, 0.3) is 0 Å². The first-order valence-corrected chi connectivity index (χ1v) is 7.21. The van der Waals surface area contributed by atoms with E-state index in [9.17, 15) is 9.59 Å². The van der Waals surface area contributed by atoms with Gasteiger partial charge in [0.2, 0.25) is 0 Å². The van der Waals surface area contributed by atoms with E-state index >= 15 is 0 Å². The number of carbonyl (C=O) groups excluding carboxylic acids is 1. The molecule has 1 fully saturated rings. The standard InChI is InChI=1S/C16H23NO3/c1-6-20-15(19)14-10(2)9-13(18)17(11(14)3)16(4,5)12-7-8-12/h9,12H,6-8H2,1-5H3. The Morgan fingerprint density at radius 2 is 2.00 bits per heavy atom. The topological polar surface area (TPSA) is 48.3 Å². The lowest BCUT2D eigenvalue weighted by Crippen LogP contribution is -2.40. The molecule has 1 aromatic heterocycles. The van der Waals surface area contributed by atoms with Gasteiger partial charge in [0.15, 0.2) is 0 Å². The lowest BCUT2D eigenvalue weighted by molar-refractivity contribution is 0.0522. The lowest BCUT2D eigenvalue weighted by Gasteiger charge is -2.31. The summed E-state index contributed by atoms with van der Waals surface area (Å²) >= 11 is 0. The van der Waals surface area contributed by atoms with Crippen LogP contribution in [0.3, 0.4) is 0 Å². The van der Waals surface area contributed by atoms with Crippen molar-refractivity contribution in [2.24, 2.45) is 5.92 Å². The Bertz CT molecular complexity index is 594. The van der Waals surface area contributed by atoms with Crippen LogP contribution in [0.1, 0.15) is 55.2 Å². The van der Waals surface area contributed by atoms with Crippen molar-refractivity contribution in [1.29, 1.82) is 0 Å². The molecule has 4 heteroatoms. The van der Waals surface area contributed by atoms with Crippen molar-refractivity contribution in [3.8, 4) is 0 Å². The normalized spacial score (nSPS) is 15.2. The summed E-state index contributed by atoms with van der Waals surface area (Å²) in [5, 5.41) is 0. The van der Waals surface area contributed by atoms with Gasteiger partial charge < -0.3 is 9.30 Å². The maximum absolute atomic E-state index is 12.4. The molecular formula is C16H23NO3. The SMILES string of the molecule is CCOC(=O)c1c(C)cc(=O)n(C(C)(C)C2CC2)c1C. The number of carbonyl (C=O) groups is 1. The summed E-state index contributed by atoms with van der Waals surface area (Å²) < 4.78 is 6.89. The van der Waals surface area contributed by atoms with E-state index in [1.807, 2.05) is 6.92 Å². The Hall–Kier alpha value is -1.58. The second-order valence-corrected chi connectivity index (χ2v) is 6.11. The van der Waals surface area contributed by atoms with Gasteiger partial charge in [0.1, 0.15) is 0 Å². The highest BCUT2D eigenvalue weighted by molar-refractivity contribution is 5.92. The Morgan fingerprint density at radius 3 is 2.50 bits per heavy atom. The van der Waals surface area contributed by atoms with Crippen LogP contribution in [0.2, 0.25) is 0 Å². The molecule has 0 N–H and O–H groups in total. The van der Waals surface area contributed by atoms with Gasteiger partial charge in [0.05, 0.1) is 12.2 Å². The fourth-order valence-electron chi connectivity index (χ4n) is 3.08. The van der Waals surface area contributed by atoms with Crippen molar-refractivity contribution in [2.45, 2.75) is 53.0 Å². The van der Waals surface area contributed by atoms with E-state index in [4.69, 9.17) is 4.74 Å². The van der Waals surface area contributed by atoms with E-state index in [1.54, 1.807) is 24.5 Å². The summed E-state index contributed by atoms with van der Waals surface area (Å²) in [6, 6.07) is 1.55. The number of aromatic nitrogens is 1. The van der Waals surface area contributed by atoms with Gasteiger partial charge >= 0.3 is 5.97 Å². The van der Waals surface area contributed by atoms with Crippen molar-refractivity contribution in [2.75, 3.05) is 6.61 Å². The zero-order valence-electron chi connectivity index (χ0n) is 12.9. The number of nitrogens with zero attached hydrogens (tertiary/aromatic N) is 1. The van der Waals surface area contributed by atoms with Gasteiger partial charge in [-0.2, -0.15) is 0 Å². The molecule has 20 heavy (non-hydrogen) atoms. The first kappa shape index (κ1) is 14.8. The molecule has 1 heterocycles. The third-order valence-electron chi connectivity index (χ3n) is 4.28. The van der Waals surface area contributed by atoms with Gasteiger partial charge in [0, 0.05) is 17.3 Å². The minimum absolute atomic E-state index is 0.0371. The quantitative estimate of drug-likeness (QED) is 0.795. The zero-order chi connectivity index (χ0) is 15.1. The van der Waals surface area contributed by atoms with E-state index in [0.717, 1.165) is 12.8 Å². The number of hydrogen-bond donors (Lipinski definition) is 0. The summed E-state index contributed by atoms with van der Waals surface area (Å²) in [5.41, 5.74) is 1.64. The fraction of sp³-hybridized carbons (Fsp3) is 0.625. The van der Waals surface area contributed by atoms with Gasteiger partial charge in [-0.1, -0.05) is 0 Å². The molecule has 1 aliphatic rings. The molecule has 0 unspecified atom stereocenters. The van der Waals surface area contributed by atoms with E-state index in [-0.39, 0.29) is 17.1 Å². The molecule has 0 aliphatic heterocycles. The second-order valence-electron chi connectivity index (χ2n) is 6.11. The Balaban J connectivity index is 2.61. The molecular weight excluding hydrogens is 254 g/mol. The number of aryl methyl sites for hydroxylation is 1. The summed E-state index contributed by atoms with van der Waals surface area (Å²) in [4.78, 5) is 24.5. The average molecular weight is 277 g/mol. The average Bonchev–Trinajstić information content (AvgIpc) is 3.11. The van der Waals surface area contributed by atoms with E-state index in [0.29, 0.717) is 29.3 Å². The molecule has 0 amide bonds. The smallest absolute Gasteiger partial charge is 0.340 e. The first-order chi connectivity index (χ1) is 9.30. The summed E-state index contributed by atoms with van der Waals surface area (Å²) in [6.07, 6.45) is 2.28. The van der Waals surface area contributed by atoms with Crippen LogP contribution in [0.5, 0.6) is 0 Å². The van der Waals surface area contributed by atoms with E-state index in [2.05, 4.69) is 13.8 Å². The molecule has 0 saturated heterocycles.